The average molecular weight is 259 g/mol. The van der Waals surface area contributed by atoms with Crippen LogP contribution in [0.4, 0.5) is 0 Å². The lowest BCUT2D eigenvalue weighted by Crippen LogP contribution is -2.02. The predicted molar refractivity (Wildman–Crippen MR) is 72.7 cm³/mol. The Hall–Kier alpha value is -2.30. The van der Waals surface area contributed by atoms with E-state index in [1.807, 2.05) is 42.1 Å². The molecule has 0 radical (unpaired) electrons. The molecule has 0 aliphatic carbocycles. The Morgan fingerprint density at radius 2 is 2.21 bits per heavy atom. The van der Waals surface area contributed by atoms with Crippen LogP contribution in [0.3, 0.4) is 0 Å². The van der Waals surface area contributed by atoms with Crippen molar-refractivity contribution >= 4 is 5.71 Å². The van der Waals surface area contributed by atoms with Gasteiger partial charge in [-0.15, -0.1) is 0 Å². The zero-order chi connectivity index (χ0) is 13.7. The first-order valence-corrected chi connectivity index (χ1v) is 6.16. The number of oxime groups is 1. The highest BCUT2D eigenvalue weighted by atomic mass is 16.5. The van der Waals surface area contributed by atoms with Crippen molar-refractivity contribution in [3.05, 3.63) is 47.8 Å². The van der Waals surface area contributed by atoms with E-state index in [0.717, 1.165) is 17.7 Å². The van der Waals surface area contributed by atoms with Crippen LogP contribution in [-0.2, 0) is 13.2 Å². The lowest BCUT2D eigenvalue weighted by Gasteiger charge is -2.09. The van der Waals surface area contributed by atoms with E-state index in [1.165, 1.54) is 0 Å². The number of hydrogen-bond donors (Lipinski definition) is 1. The van der Waals surface area contributed by atoms with Crippen molar-refractivity contribution in [2.24, 2.45) is 5.16 Å². The fourth-order valence-corrected chi connectivity index (χ4v) is 1.76. The fourth-order valence-electron chi connectivity index (χ4n) is 1.76. The van der Waals surface area contributed by atoms with Crippen LogP contribution in [0.5, 0.6) is 5.75 Å². The second-order valence-corrected chi connectivity index (χ2v) is 4.17. The lowest BCUT2D eigenvalue weighted by atomic mass is 10.1. The summed E-state index contributed by atoms with van der Waals surface area (Å²) in [6.07, 6.45) is 3.74. The van der Waals surface area contributed by atoms with E-state index in [9.17, 15) is 0 Å². The quantitative estimate of drug-likeness (QED) is 0.510. The van der Waals surface area contributed by atoms with Crippen LogP contribution in [0.15, 0.2) is 41.8 Å². The highest BCUT2D eigenvalue weighted by Crippen LogP contribution is 2.20. The van der Waals surface area contributed by atoms with E-state index in [4.69, 9.17) is 9.94 Å². The van der Waals surface area contributed by atoms with Crippen molar-refractivity contribution in [3.8, 4) is 5.75 Å². The molecule has 1 aromatic carbocycles. The molecule has 1 heterocycles. The minimum absolute atomic E-state index is 0.440. The van der Waals surface area contributed by atoms with Gasteiger partial charge in [-0.05, 0) is 26.0 Å². The molecule has 0 fully saturated rings. The molecule has 1 aromatic heterocycles. The van der Waals surface area contributed by atoms with Crippen LogP contribution >= 0.6 is 0 Å². The third-order valence-corrected chi connectivity index (χ3v) is 2.83. The van der Waals surface area contributed by atoms with E-state index in [0.29, 0.717) is 18.1 Å². The number of aromatic nitrogens is 2. The number of nitrogens with zero attached hydrogens (tertiary/aromatic N) is 3. The summed E-state index contributed by atoms with van der Waals surface area (Å²) in [7, 11) is 0. The molecule has 2 aromatic rings. The van der Waals surface area contributed by atoms with Crippen molar-refractivity contribution in [1.29, 1.82) is 0 Å². The van der Waals surface area contributed by atoms with Crippen LogP contribution < -0.4 is 4.74 Å². The van der Waals surface area contributed by atoms with Gasteiger partial charge in [0.05, 0.1) is 11.9 Å². The maximum absolute atomic E-state index is 8.85. The van der Waals surface area contributed by atoms with Crippen molar-refractivity contribution < 1.29 is 9.94 Å². The van der Waals surface area contributed by atoms with Gasteiger partial charge >= 0.3 is 0 Å². The van der Waals surface area contributed by atoms with E-state index in [2.05, 4.69) is 10.3 Å². The highest BCUT2D eigenvalue weighted by Gasteiger charge is 2.07. The van der Waals surface area contributed by atoms with E-state index in [1.54, 1.807) is 13.1 Å². The molecule has 5 heteroatoms. The predicted octanol–water partition coefficient (Wildman–Crippen LogP) is 2.68. The Bertz CT molecular complexity index is 576. The van der Waals surface area contributed by atoms with Gasteiger partial charge in [0.2, 0.25) is 0 Å². The normalized spacial score (nSPS) is 11.6. The van der Waals surface area contributed by atoms with Gasteiger partial charge in [0, 0.05) is 23.9 Å². The van der Waals surface area contributed by atoms with Gasteiger partial charge < -0.3 is 9.94 Å². The van der Waals surface area contributed by atoms with Gasteiger partial charge in [0.1, 0.15) is 12.4 Å². The molecule has 5 nitrogen and oxygen atoms in total. The molecule has 19 heavy (non-hydrogen) atoms. The Kier molecular flexibility index (Phi) is 4.18. The Morgan fingerprint density at radius 1 is 1.42 bits per heavy atom. The van der Waals surface area contributed by atoms with Gasteiger partial charge in [0.15, 0.2) is 0 Å². The zero-order valence-corrected chi connectivity index (χ0v) is 11.1. The molecular weight excluding hydrogens is 242 g/mol. The third kappa shape index (κ3) is 3.13. The largest absolute Gasteiger partial charge is 0.488 e. The summed E-state index contributed by atoms with van der Waals surface area (Å²) in [4.78, 5) is 0. The third-order valence-electron chi connectivity index (χ3n) is 2.83. The van der Waals surface area contributed by atoms with E-state index < -0.39 is 0 Å². The van der Waals surface area contributed by atoms with Crippen molar-refractivity contribution in [2.75, 3.05) is 0 Å². The summed E-state index contributed by atoms with van der Waals surface area (Å²) in [5.74, 6) is 0.696. The first-order valence-electron chi connectivity index (χ1n) is 6.16. The number of rotatable bonds is 5. The molecule has 0 aliphatic rings. The molecule has 0 saturated carbocycles. The van der Waals surface area contributed by atoms with E-state index >= 15 is 0 Å². The molecule has 0 bridgehead atoms. The summed E-state index contributed by atoms with van der Waals surface area (Å²) in [6.45, 7) is 5.05. The minimum atomic E-state index is 0.440. The van der Waals surface area contributed by atoms with Gasteiger partial charge in [-0.3, -0.25) is 4.68 Å². The van der Waals surface area contributed by atoms with Gasteiger partial charge in [0.25, 0.3) is 0 Å². The van der Waals surface area contributed by atoms with Gasteiger partial charge in [-0.2, -0.15) is 5.10 Å². The van der Waals surface area contributed by atoms with E-state index in [-0.39, 0.29) is 0 Å². The molecular formula is C14H17N3O2. The lowest BCUT2D eigenvalue weighted by molar-refractivity contribution is 0.303. The number of para-hydroxylation sites is 1. The molecule has 100 valence electrons. The summed E-state index contributed by atoms with van der Waals surface area (Å²) in [5, 5.41) is 16.3. The van der Waals surface area contributed by atoms with Gasteiger partial charge in [-0.25, -0.2) is 0 Å². The average Bonchev–Trinajstić information content (AvgIpc) is 2.92. The Balaban J connectivity index is 2.11. The molecule has 1 N–H and O–H groups in total. The fraction of sp³-hybridized carbons (Fsp3) is 0.286. The molecule has 0 saturated heterocycles. The molecule has 0 aliphatic heterocycles. The highest BCUT2D eigenvalue weighted by molar-refractivity contribution is 6.00. The van der Waals surface area contributed by atoms with Crippen molar-refractivity contribution in [1.82, 2.24) is 9.78 Å². The van der Waals surface area contributed by atoms with Crippen LogP contribution in [0.2, 0.25) is 0 Å². The molecule has 0 atom stereocenters. The first-order chi connectivity index (χ1) is 9.24. The summed E-state index contributed by atoms with van der Waals surface area (Å²) in [5.41, 5.74) is 2.32. The van der Waals surface area contributed by atoms with Crippen LogP contribution in [-0.4, -0.2) is 20.7 Å². The Morgan fingerprint density at radius 3 is 2.89 bits per heavy atom. The second kappa shape index (κ2) is 6.04. The van der Waals surface area contributed by atoms with Gasteiger partial charge in [-0.1, -0.05) is 17.3 Å². The number of hydrogen-bond acceptors (Lipinski definition) is 4. The maximum Gasteiger partial charge on any atom is 0.128 e. The van der Waals surface area contributed by atoms with Crippen LogP contribution in [0.1, 0.15) is 25.0 Å². The maximum atomic E-state index is 8.85. The number of benzene rings is 1. The van der Waals surface area contributed by atoms with Crippen molar-refractivity contribution in [3.63, 3.8) is 0 Å². The summed E-state index contributed by atoms with van der Waals surface area (Å²) >= 11 is 0. The smallest absolute Gasteiger partial charge is 0.128 e. The molecule has 0 unspecified atom stereocenters. The monoisotopic (exact) mass is 259 g/mol. The SMILES string of the molecule is CCn1cc(COc2ccccc2C(C)=NO)cn1. The standard InChI is InChI=1S/C14H17N3O2/c1-3-17-9-12(8-15-17)10-19-14-7-5-4-6-13(14)11(2)16-18/h4-9,18H,3,10H2,1-2H3. The summed E-state index contributed by atoms with van der Waals surface area (Å²) in [6, 6.07) is 7.49. The van der Waals surface area contributed by atoms with Crippen molar-refractivity contribution in [2.45, 2.75) is 27.0 Å². The molecule has 0 spiro atoms. The van der Waals surface area contributed by atoms with Crippen LogP contribution in [0.25, 0.3) is 0 Å². The van der Waals surface area contributed by atoms with Crippen LogP contribution in [0, 0.1) is 0 Å². The molecule has 2 rings (SSSR count). The molecule has 0 amide bonds. The number of aryl methyl sites for hydroxylation is 1. The minimum Gasteiger partial charge on any atom is -0.488 e. The summed E-state index contributed by atoms with van der Waals surface area (Å²) < 4.78 is 7.61. The Labute approximate surface area is 112 Å². The first kappa shape index (κ1) is 13.1. The number of ether oxygens (including phenoxy) is 1. The topological polar surface area (TPSA) is 59.6 Å². The second-order valence-electron chi connectivity index (χ2n) is 4.17. The zero-order valence-electron chi connectivity index (χ0n) is 11.1.